The number of carbonyl (C=O) groups excluding carboxylic acids is 1. The molecule has 122 valence electrons. The molecule has 1 fully saturated rings. The molecule has 6 nitrogen and oxygen atoms in total. The van der Waals surface area contributed by atoms with E-state index in [1.807, 2.05) is 0 Å². The van der Waals surface area contributed by atoms with Gasteiger partial charge in [0, 0.05) is 26.2 Å². The lowest BCUT2D eigenvalue weighted by molar-refractivity contribution is 0.00694. The molecule has 1 saturated heterocycles. The molecule has 7 heteroatoms. The van der Waals surface area contributed by atoms with Crippen molar-refractivity contribution in [1.29, 1.82) is 0 Å². The summed E-state index contributed by atoms with van der Waals surface area (Å²) in [5.41, 5.74) is -0.239. The zero-order valence-electron chi connectivity index (χ0n) is 13.1. The van der Waals surface area contributed by atoms with Crippen molar-refractivity contribution < 1.29 is 17.9 Å². The van der Waals surface area contributed by atoms with Gasteiger partial charge in [0.05, 0.1) is 10.5 Å². The van der Waals surface area contributed by atoms with Crippen molar-refractivity contribution in [3.63, 3.8) is 0 Å². The molecule has 1 heterocycles. The number of esters is 1. The van der Waals surface area contributed by atoms with Crippen LogP contribution in [-0.4, -0.2) is 50.5 Å². The minimum atomic E-state index is -3.50. The topological polar surface area (TPSA) is 75.7 Å². The highest BCUT2D eigenvalue weighted by Gasteiger charge is 2.26. The van der Waals surface area contributed by atoms with Crippen LogP contribution in [0.2, 0.25) is 0 Å². The lowest BCUT2D eigenvalue weighted by Gasteiger charge is -2.26. The molecule has 0 amide bonds. The molecule has 0 saturated carbocycles. The van der Waals surface area contributed by atoms with Crippen LogP contribution < -0.4 is 5.32 Å². The van der Waals surface area contributed by atoms with E-state index in [0.29, 0.717) is 31.7 Å². The van der Waals surface area contributed by atoms with Crippen LogP contribution in [0.4, 0.5) is 0 Å². The highest BCUT2D eigenvalue weighted by atomic mass is 32.2. The van der Waals surface area contributed by atoms with E-state index in [9.17, 15) is 13.2 Å². The van der Waals surface area contributed by atoms with Crippen molar-refractivity contribution in [2.24, 2.45) is 0 Å². The number of nitrogens with one attached hydrogen (secondary N) is 1. The first-order valence-electron chi connectivity index (χ1n) is 7.24. The minimum absolute atomic E-state index is 0.196. The fraction of sp³-hybridized carbons (Fsp3) is 0.533. The molecular formula is C15H22N2O4S. The van der Waals surface area contributed by atoms with E-state index in [1.165, 1.54) is 28.6 Å². The van der Waals surface area contributed by atoms with Crippen molar-refractivity contribution in [2.75, 3.05) is 26.2 Å². The summed E-state index contributed by atoms with van der Waals surface area (Å²) in [6.45, 7) is 7.56. The molecule has 2 rings (SSSR count). The van der Waals surface area contributed by atoms with E-state index in [0.717, 1.165) is 0 Å². The number of nitrogens with zero attached hydrogens (tertiary/aromatic N) is 1. The van der Waals surface area contributed by atoms with Gasteiger partial charge in [-0.3, -0.25) is 0 Å². The maximum atomic E-state index is 12.5. The van der Waals surface area contributed by atoms with E-state index >= 15 is 0 Å². The highest BCUT2D eigenvalue weighted by Crippen LogP contribution is 2.18. The van der Waals surface area contributed by atoms with Crippen LogP contribution in [0.25, 0.3) is 0 Å². The van der Waals surface area contributed by atoms with Gasteiger partial charge >= 0.3 is 5.97 Å². The third-order valence-corrected chi connectivity index (χ3v) is 5.12. The molecular weight excluding hydrogens is 304 g/mol. The third-order valence-electron chi connectivity index (χ3n) is 3.20. The van der Waals surface area contributed by atoms with Crippen LogP contribution in [0, 0.1) is 0 Å². The zero-order chi connectivity index (χ0) is 16.4. The summed E-state index contributed by atoms with van der Waals surface area (Å²) in [6.07, 6.45) is 0. The molecule has 0 radical (unpaired) electrons. The molecule has 1 aromatic carbocycles. The summed E-state index contributed by atoms with van der Waals surface area (Å²) in [5, 5.41) is 3.12. The summed E-state index contributed by atoms with van der Waals surface area (Å²) in [7, 11) is -3.50. The Morgan fingerprint density at radius 3 is 2.18 bits per heavy atom. The summed E-state index contributed by atoms with van der Waals surface area (Å²) in [4.78, 5) is 12.1. The van der Waals surface area contributed by atoms with Crippen molar-refractivity contribution in [3.8, 4) is 0 Å². The Kier molecular flexibility index (Phi) is 4.89. The lowest BCUT2D eigenvalue weighted by Crippen LogP contribution is -2.46. The van der Waals surface area contributed by atoms with Crippen molar-refractivity contribution in [2.45, 2.75) is 31.3 Å². The predicted molar refractivity (Wildman–Crippen MR) is 83.2 cm³/mol. The maximum absolute atomic E-state index is 12.5. The van der Waals surface area contributed by atoms with Gasteiger partial charge in [0.25, 0.3) is 0 Å². The fourth-order valence-corrected chi connectivity index (χ4v) is 3.58. The van der Waals surface area contributed by atoms with E-state index in [1.54, 1.807) is 20.8 Å². The Labute approximate surface area is 131 Å². The van der Waals surface area contributed by atoms with E-state index < -0.39 is 21.6 Å². The monoisotopic (exact) mass is 326 g/mol. The van der Waals surface area contributed by atoms with Gasteiger partial charge in [-0.15, -0.1) is 0 Å². The SMILES string of the molecule is CC(C)(C)OC(=O)c1ccc(S(=O)(=O)N2CCNCC2)cc1. The summed E-state index contributed by atoms with van der Waals surface area (Å²) < 4.78 is 31.7. The molecule has 1 aromatic rings. The Hall–Kier alpha value is -1.44. The second-order valence-corrected chi connectivity index (χ2v) is 8.12. The van der Waals surface area contributed by atoms with Gasteiger partial charge in [-0.1, -0.05) is 0 Å². The molecule has 1 aliphatic rings. The normalized spacial score (nSPS) is 17.2. The van der Waals surface area contributed by atoms with E-state index in [4.69, 9.17) is 4.74 Å². The summed E-state index contributed by atoms with van der Waals surface area (Å²) in [6, 6.07) is 5.89. The van der Waals surface area contributed by atoms with Crippen molar-refractivity contribution >= 4 is 16.0 Å². The highest BCUT2D eigenvalue weighted by molar-refractivity contribution is 7.89. The van der Waals surface area contributed by atoms with Crippen LogP contribution in [0.15, 0.2) is 29.2 Å². The fourth-order valence-electron chi connectivity index (χ4n) is 2.13. The smallest absolute Gasteiger partial charge is 0.338 e. The Morgan fingerprint density at radius 1 is 1.14 bits per heavy atom. The number of sulfonamides is 1. The molecule has 0 aliphatic carbocycles. The minimum Gasteiger partial charge on any atom is -0.456 e. The van der Waals surface area contributed by atoms with E-state index in [2.05, 4.69) is 5.32 Å². The first-order chi connectivity index (χ1) is 10.2. The Balaban J connectivity index is 2.16. The molecule has 0 spiro atoms. The molecule has 1 N–H and O–H groups in total. The van der Waals surface area contributed by atoms with Crippen LogP contribution in [0.1, 0.15) is 31.1 Å². The number of benzene rings is 1. The Bertz CT molecular complexity index is 627. The number of rotatable bonds is 3. The molecule has 0 bridgehead atoms. The molecule has 0 aromatic heterocycles. The second-order valence-electron chi connectivity index (χ2n) is 6.18. The first kappa shape index (κ1) is 16.9. The molecule has 22 heavy (non-hydrogen) atoms. The quantitative estimate of drug-likeness (QED) is 0.846. The van der Waals surface area contributed by atoms with Gasteiger partial charge in [-0.2, -0.15) is 4.31 Å². The van der Waals surface area contributed by atoms with Crippen LogP contribution in [0.5, 0.6) is 0 Å². The standard InChI is InChI=1S/C15H22N2O4S/c1-15(2,3)21-14(18)12-4-6-13(7-5-12)22(19,20)17-10-8-16-9-11-17/h4-7,16H,8-11H2,1-3H3. The first-order valence-corrected chi connectivity index (χ1v) is 8.68. The second kappa shape index (κ2) is 6.36. The predicted octanol–water partition coefficient (Wildman–Crippen LogP) is 1.24. The average Bonchev–Trinajstić information content (AvgIpc) is 2.46. The number of hydrogen-bond donors (Lipinski definition) is 1. The lowest BCUT2D eigenvalue weighted by atomic mass is 10.2. The van der Waals surface area contributed by atoms with Gasteiger partial charge in [0.15, 0.2) is 0 Å². The summed E-state index contributed by atoms with van der Waals surface area (Å²) >= 11 is 0. The average molecular weight is 326 g/mol. The van der Waals surface area contributed by atoms with Gasteiger partial charge in [0.1, 0.15) is 5.60 Å². The van der Waals surface area contributed by atoms with Gasteiger partial charge < -0.3 is 10.1 Å². The van der Waals surface area contributed by atoms with Gasteiger partial charge in [0.2, 0.25) is 10.0 Å². The number of carbonyl (C=O) groups is 1. The van der Waals surface area contributed by atoms with Crippen LogP contribution >= 0.6 is 0 Å². The van der Waals surface area contributed by atoms with Gasteiger partial charge in [-0.25, -0.2) is 13.2 Å². The molecule has 0 unspecified atom stereocenters. The zero-order valence-corrected chi connectivity index (χ0v) is 13.9. The molecule has 1 aliphatic heterocycles. The van der Waals surface area contributed by atoms with Crippen LogP contribution in [-0.2, 0) is 14.8 Å². The maximum Gasteiger partial charge on any atom is 0.338 e. The Morgan fingerprint density at radius 2 is 1.68 bits per heavy atom. The van der Waals surface area contributed by atoms with Gasteiger partial charge in [-0.05, 0) is 45.0 Å². The van der Waals surface area contributed by atoms with Crippen molar-refractivity contribution in [1.82, 2.24) is 9.62 Å². The van der Waals surface area contributed by atoms with Crippen LogP contribution in [0.3, 0.4) is 0 Å². The van der Waals surface area contributed by atoms with E-state index in [-0.39, 0.29) is 4.90 Å². The van der Waals surface area contributed by atoms with Crippen molar-refractivity contribution in [3.05, 3.63) is 29.8 Å². The number of piperazine rings is 1. The number of ether oxygens (including phenoxy) is 1. The largest absolute Gasteiger partial charge is 0.456 e. The third kappa shape index (κ3) is 4.06. The molecule has 0 atom stereocenters. The number of hydrogen-bond acceptors (Lipinski definition) is 5. The summed E-state index contributed by atoms with van der Waals surface area (Å²) in [5.74, 6) is -0.460.